The van der Waals surface area contributed by atoms with Gasteiger partial charge < -0.3 is 5.11 Å². The second-order valence-electron chi connectivity index (χ2n) is 14.3. The van der Waals surface area contributed by atoms with Crippen molar-refractivity contribution in [1.82, 2.24) is 0 Å². The van der Waals surface area contributed by atoms with Gasteiger partial charge in [-0.2, -0.15) is 4.57 Å². The minimum absolute atomic E-state index is 0.109. The summed E-state index contributed by atoms with van der Waals surface area (Å²) in [6.45, 7) is 21.2. The number of pyridine rings is 1. The molecule has 0 amide bonds. The number of aliphatic hydroxyl groups is 1. The lowest BCUT2D eigenvalue weighted by Gasteiger charge is -2.33. The molecule has 1 aromatic heterocycles. The maximum Gasteiger partial charge on any atom is 0.206 e. The van der Waals surface area contributed by atoms with E-state index in [1.807, 2.05) is 0 Å². The van der Waals surface area contributed by atoms with Crippen molar-refractivity contribution in [2.24, 2.45) is 10.8 Å². The molecule has 0 saturated carbocycles. The fourth-order valence-electron chi connectivity index (χ4n) is 6.61. The summed E-state index contributed by atoms with van der Waals surface area (Å²) in [4.78, 5) is 0. The SMILES string of the molecule is CC1=C(/C=C/C(C)=C/C=C\c2cc[n+](CCO)c(/C=C(C)/C=C/C=C(C)/C=C/C3=C(C)CCCC3(C)C)c2)C(C)(C)CCC1. The molecule has 0 fully saturated rings. The van der Waals surface area contributed by atoms with Crippen LogP contribution in [0.5, 0.6) is 0 Å². The van der Waals surface area contributed by atoms with Crippen molar-refractivity contribution in [3.8, 4) is 0 Å². The second kappa shape index (κ2) is 16.2. The molecule has 1 aromatic rings. The molecular weight excluding hydrogens is 534 g/mol. The van der Waals surface area contributed by atoms with Crippen LogP contribution in [-0.2, 0) is 6.54 Å². The molecule has 0 atom stereocenters. The van der Waals surface area contributed by atoms with E-state index in [2.05, 4.69) is 152 Å². The number of nitrogens with zero attached hydrogens (tertiary/aromatic N) is 1. The number of aromatic nitrogens is 1. The Bertz CT molecular complexity index is 1440. The van der Waals surface area contributed by atoms with Crippen LogP contribution in [0.2, 0.25) is 0 Å². The molecule has 0 aliphatic heterocycles. The first kappa shape index (κ1) is 35.3. The Hall–Kier alpha value is -3.23. The van der Waals surface area contributed by atoms with Crippen molar-refractivity contribution in [1.29, 1.82) is 0 Å². The molecule has 3 rings (SSSR count). The highest BCUT2D eigenvalue weighted by Gasteiger charge is 2.27. The van der Waals surface area contributed by atoms with Crippen LogP contribution in [0.25, 0.3) is 12.2 Å². The monoisotopic (exact) mass is 592 g/mol. The molecule has 0 spiro atoms. The van der Waals surface area contributed by atoms with Gasteiger partial charge in [-0.3, -0.25) is 0 Å². The average molecular weight is 593 g/mol. The highest BCUT2D eigenvalue weighted by Crippen LogP contribution is 2.41. The Balaban J connectivity index is 1.72. The van der Waals surface area contributed by atoms with Gasteiger partial charge in [0, 0.05) is 18.2 Å². The maximum absolute atomic E-state index is 9.64. The summed E-state index contributed by atoms with van der Waals surface area (Å²) in [5.41, 5.74) is 12.4. The van der Waals surface area contributed by atoms with Crippen molar-refractivity contribution in [2.75, 3.05) is 6.61 Å². The zero-order valence-corrected chi connectivity index (χ0v) is 29.1. The molecule has 2 aliphatic carbocycles. The van der Waals surface area contributed by atoms with Gasteiger partial charge in [-0.1, -0.05) is 111 Å². The molecule has 0 unspecified atom stereocenters. The highest BCUT2D eigenvalue weighted by atomic mass is 16.3. The molecule has 44 heavy (non-hydrogen) atoms. The van der Waals surface area contributed by atoms with E-state index in [0.717, 1.165) is 16.8 Å². The van der Waals surface area contributed by atoms with Gasteiger partial charge in [-0.25, -0.2) is 0 Å². The van der Waals surface area contributed by atoms with Crippen molar-refractivity contribution in [3.05, 3.63) is 123 Å². The topological polar surface area (TPSA) is 24.1 Å². The average Bonchev–Trinajstić information content (AvgIpc) is 2.93. The third kappa shape index (κ3) is 10.4. The Kier molecular flexibility index (Phi) is 13.0. The summed E-state index contributed by atoms with van der Waals surface area (Å²) in [7, 11) is 0. The second-order valence-corrected chi connectivity index (χ2v) is 14.3. The molecule has 1 heterocycles. The maximum atomic E-state index is 9.64. The quantitative estimate of drug-likeness (QED) is 0.201. The van der Waals surface area contributed by atoms with E-state index in [0.29, 0.717) is 6.54 Å². The van der Waals surface area contributed by atoms with E-state index < -0.39 is 0 Å². The first-order valence-electron chi connectivity index (χ1n) is 16.6. The number of hydrogen-bond acceptors (Lipinski definition) is 1. The third-order valence-corrected chi connectivity index (χ3v) is 9.29. The van der Waals surface area contributed by atoms with Crippen molar-refractivity contribution in [2.45, 2.75) is 107 Å². The van der Waals surface area contributed by atoms with Crippen LogP contribution in [0.4, 0.5) is 0 Å². The summed E-state index contributed by atoms with van der Waals surface area (Å²) in [6.07, 6.45) is 33.9. The Morgan fingerprint density at radius 3 is 1.84 bits per heavy atom. The van der Waals surface area contributed by atoms with Gasteiger partial charge in [-0.05, 0) is 106 Å². The summed E-state index contributed by atoms with van der Waals surface area (Å²) < 4.78 is 2.10. The van der Waals surface area contributed by atoms with Crippen LogP contribution in [0.3, 0.4) is 0 Å². The summed E-state index contributed by atoms with van der Waals surface area (Å²) in [5, 5.41) is 9.64. The number of allylic oxidation sites excluding steroid dienone is 16. The normalized spacial score (nSPS) is 20.4. The van der Waals surface area contributed by atoms with E-state index in [1.165, 1.54) is 72.0 Å². The van der Waals surface area contributed by atoms with Gasteiger partial charge in [0.05, 0.1) is 0 Å². The standard InChI is InChI=1S/C42H58NO/c1-32(20-22-39-35(4)17-12-25-41(39,6)7)14-10-16-34(3)30-38-31-37(24-27-43(38)28-29-44)19-11-15-33(2)21-23-40-36(5)18-13-26-42(40,8)9/h10-11,14-16,19-24,27,30-31,44H,12-13,17-18,25-26,28-29H2,1-9H3/q+1/b16-10+,19-11-,22-20+,23-21+,32-14+,33-15+,34-30+. The van der Waals surface area contributed by atoms with Gasteiger partial charge in [0.1, 0.15) is 6.61 Å². The molecule has 2 aliphatic rings. The van der Waals surface area contributed by atoms with Gasteiger partial charge in [-0.15, -0.1) is 0 Å². The van der Waals surface area contributed by atoms with Gasteiger partial charge >= 0.3 is 0 Å². The minimum atomic E-state index is 0.109. The molecule has 236 valence electrons. The Morgan fingerprint density at radius 2 is 1.32 bits per heavy atom. The Labute approximate surface area is 269 Å². The van der Waals surface area contributed by atoms with Crippen molar-refractivity contribution < 1.29 is 9.67 Å². The van der Waals surface area contributed by atoms with E-state index in [4.69, 9.17) is 0 Å². The van der Waals surface area contributed by atoms with Crippen molar-refractivity contribution in [3.63, 3.8) is 0 Å². The number of hydrogen-bond donors (Lipinski definition) is 1. The van der Waals surface area contributed by atoms with Crippen LogP contribution >= 0.6 is 0 Å². The first-order valence-corrected chi connectivity index (χ1v) is 16.6. The molecule has 0 radical (unpaired) electrons. The van der Waals surface area contributed by atoms with Crippen LogP contribution in [0.1, 0.15) is 112 Å². The molecule has 0 aromatic carbocycles. The largest absolute Gasteiger partial charge is 0.390 e. The van der Waals surface area contributed by atoms with Gasteiger partial charge in [0.25, 0.3) is 0 Å². The zero-order valence-electron chi connectivity index (χ0n) is 29.1. The molecular formula is C42H58NO+. The summed E-state index contributed by atoms with van der Waals surface area (Å²) in [6, 6.07) is 4.29. The number of rotatable bonds is 11. The third-order valence-electron chi connectivity index (χ3n) is 9.29. The minimum Gasteiger partial charge on any atom is -0.390 e. The molecule has 0 saturated heterocycles. The zero-order chi connectivity index (χ0) is 32.3. The number of aliphatic hydroxyl groups excluding tert-OH is 1. The Morgan fingerprint density at radius 1 is 0.773 bits per heavy atom. The smallest absolute Gasteiger partial charge is 0.206 e. The van der Waals surface area contributed by atoms with E-state index in [9.17, 15) is 5.11 Å². The lowest BCUT2D eigenvalue weighted by Crippen LogP contribution is -2.38. The van der Waals surface area contributed by atoms with Gasteiger partial charge in [0.15, 0.2) is 12.7 Å². The first-order chi connectivity index (χ1) is 20.8. The van der Waals surface area contributed by atoms with E-state index >= 15 is 0 Å². The predicted octanol–water partition coefficient (Wildman–Crippen LogP) is 11.0. The summed E-state index contributed by atoms with van der Waals surface area (Å²) >= 11 is 0. The van der Waals surface area contributed by atoms with Crippen molar-refractivity contribution >= 4 is 12.2 Å². The van der Waals surface area contributed by atoms with Crippen LogP contribution in [-0.4, -0.2) is 11.7 Å². The van der Waals surface area contributed by atoms with Crippen LogP contribution in [0.15, 0.2) is 112 Å². The molecule has 2 nitrogen and oxygen atoms in total. The van der Waals surface area contributed by atoms with E-state index in [-0.39, 0.29) is 17.4 Å². The lowest BCUT2D eigenvalue weighted by atomic mass is 9.72. The van der Waals surface area contributed by atoms with E-state index in [1.54, 1.807) is 0 Å². The van der Waals surface area contributed by atoms with Gasteiger partial charge in [0.2, 0.25) is 5.69 Å². The highest BCUT2D eigenvalue weighted by molar-refractivity contribution is 5.57. The van der Waals surface area contributed by atoms with Crippen LogP contribution < -0.4 is 4.57 Å². The molecule has 2 heteroatoms. The van der Waals surface area contributed by atoms with Crippen LogP contribution in [0, 0.1) is 10.8 Å². The predicted molar refractivity (Wildman–Crippen MR) is 192 cm³/mol. The molecule has 0 bridgehead atoms. The summed E-state index contributed by atoms with van der Waals surface area (Å²) in [5.74, 6) is 0. The fourth-order valence-corrected chi connectivity index (χ4v) is 6.61. The lowest BCUT2D eigenvalue weighted by molar-refractivity contribution is -0.699. The molecule has 1 N–H and O–H groups in total. The fraction of sp³-hybridized carbons (Fsp3) is 0.452.